The van der Waals surface area contributed by atoms with Gasteiger partial charge in [-0.2, -0.15) is 0 Å². The number of hydrogen-bond donors (Lipinski definition) is 1. The predicted molar refractivity (Wildman–Crippen MR) is 54.5 cm³/mol. The van der Waals surface area contributed by atoms with Crippen molar-refractivity contribution in [2.75, 3.05) is 0 Å². The summed E-state index contributed by atoms with van der Waals surface area (Å²) in [5, 5.41) is 10.9. The van der Waals surface area contributed by atoms with Crippen LogP contribution in [0, 0.1) is 11.3 Å². The molecule has 0 unspecified atom stereocenters. The summed E-state index contributed by atoms with van der Waals surface area (Å²) >= 11 is 0. The zero-order valence-corrected chi connectivity index (χ0v) is 8.47. The summed E-state index contributed by atoms with van der Waals surface area (Å²) in [6.07, 6.45) is 5.85. The molecule has 0 amide bonds. The lowest BCUT2D eigenvalue weighted by molar-refractivity contribution is -0.164. The van der Waals surface area contributed by atoms with E-state index in [1.807, 2.05) is 6.92 Å². The molecule has 1 heteroatoms. The molecular weight excluding hydrogens is 160 g/mol. The van der Waals surface area contributed by atoms with E-state index >= 15 is 0 Å². The van der Waals surface area contributed by atoms with Crippen molar-refractivity contribution < 1.29 is 9.22 Å². The van der Waals surface area contributed by atoms with Gasteiger partial charge in [-0.3, -0.25) is 0 Å². The molecule has 2 rings (SSSR count). The monoisotopic (exact) mass is 185 g/mol. The minimum Gasteiger partial charge on any atom is -0.389 e. The van der Waals surface area contributed by atoms with E-state index in [2.05, 4.69) is 0 Å². The van der Waals surface area contributed by atoms with E-state index in [9.17, 15) is 5.11 Å². The van der Waals surface area contributed by atoms with Crippen LogP contribution < -0.4 is 0 Å². The lowest BCUT2D eigenvalue weighted by atomic mass is 9.54. The lowest BCUT2D eigenvalue weighted by Crippen LogP contribution is -2.55. The molecule has 0 saturated heterocycles. The van der Waals surface area contributed by atoms with Crippen molar-refractivity contribution in [1.82, 2.24) is 0 Å². The molecule has 2 fully saturated rings. The maximum Gasteiger partial charge on any atom is 0.0726 e. The van der Waals surface area contributed by atoms with Crippen LogP contribution in [-0.2, 0) is 0 Å². The van der Waals surface area contributed by atoms with Crippen LogP contribution in [0.5, 0.6) is 0 Å². The molecule has 2 saturated carbocycles. The lowest BCUT2D eigenvalue weighted by Gasteiger charge is -2.55. The van der Waals surface area contributed by atoms with Gasteiger partial charge in [0.05, 0.1) is 5.60 Å². The number of rotatable bonds is 0. The predicted octanol–water partition coefficient (Wildman–Crippen LogP) is 3.12. The van der Waals surface area contributed by atoms with Gasteiger partial charge < -0.3 is 5.11 Å². The van der Waals surface area contributed by atoms with Gasteiger partial charge in [0.25, 0.3) is 0 Å². The molecule has 3 atom stereocenters. The average Bonchev–Trinajstić information content (AvgIpc) is 2.18. The van der Waals surface area contributed by atoms with Crippen molar-refractivity contribution in [3.05, 3.63) is 0 Å². The van der Waals surface area contributed by atoms with Crippen molar-refractivity contribution in [3.63, 3.8) is 0 Å². The van der Waals surface area contributed by atoms with Crippen LogP contribution in [0.4, 0.5) is 0 Å². The van der Waals surface area contributed by atoms with Gasteiger partial charge in [0, 0.05) is 4.11 Å². The Balaban J connectivity index is 2.44. The number of hydrogen-bond acceptors (Lipinski definition) is 1. The Bertz CT molecular complexity index is 272. The van der Waals surface area contributed by atoms with Crippen molar-refractivity contribution >= 4 is 0 Å². The summed E-state index contributed by atoms with van der Waals surface area (Å²) in [7, 11) is 0. The molecule has 1 N–H and O–H groups in total. The third kappa shape index (κ3) is 1.24. The quantitative estimate of drug-likeness (QED) is 0.615. The van der Waals surface area contributed by atoms with Crippen LogP contribution in [0.2, 0.25) is 0 Å². The van der Waals surface area contributed by atoms with Crippen molar-refractivity contribution in [2.45, 2.75) is 64.3 Å². The van der Waals surface area contributed by atoms with Crippen LogP contribution in [0.15, 0.2) is 0 Å². The molecule has 0 heterocycles. The fourth-order valence-electron chi connectivity index (χ4n) is 3.29. The molecule has 0 bridgehead atoms. The second kappa shape index (κ2) is 2.98. The molecule has 2 aliphatic rings. The number of aliphatic hydroxyl groups is 1. The van der Waals surface area contributed by atoms with Crippen LogP contribution in [0.1, 0.15) is 62.8 Å². The first-order valence-electron chi connectivity index (χ1n) is 7.06. The molecule has 0 aliphatic heterocycles. The van der Waals surface area contributed by atoms with E-state index in [0.29, 0.717) is 19.3 Å². The maximum atomic E-state index is 10.9. The Morgan fingerprint density at radius 1 is 1.23 bits per heavy atom. The summed E-state index contributed by atoms with van der Waals surface area (Å²) in [6, 6.07) is 0. The molecule has 0 radical (unpaired) electrons. The molecule has 2 aliphatic carbocycles. The summed E-state index contributed by atoms with van der Waals surface area (Å²) in [4.78, 5) is 0. The Morgan fingerprint density at radius 2 is 1.92 bits per heavy atom. The van der Waals surface area contributed by atoms with E-state index in [0.717, 1.165) is 25.7 Å². The molecule has 0 aromatic rings. The van der Waals surface area contributed by atoms with Gasteiger partial charge in [-0.05, 0) is 37.0 Å². The topological polar surface area (TPSA) is 20.2 Å². The Morgan fingerprint density at radius 3 is 2.62 bits per heavy atom. The average molecular weight is 185 g/mol. The van der Waals surface area contributed by atoms with Gasteiger partial charge in [0.2, 0.25) is 0 Å². The van der Waals surface area contributed by atoms with Gasteiger partial charge in [-0.1, -0.05) is 33.0 Å². The van der Waals surface area contributed by atoms with E-state index in [1.54, 1.807) is 0 Å². The molecule has 0 aromatic carbocycles. The zero-order valence-electron chi connectivity index (χ0n) is 11.5. The first-order valence-corrected chi connectivity index (χ1v) is 5.56. The summed E-state index contributed by atoms with van der Waals surface area (Å²) < 4.78 is 23.5. The van der Waals surface area contributed by atoms with Gasteiger partial charge in [0.1, 0.15) is 0 Å². The zero-order chi connectivity index (χ0) is 12.0. The summed E-state index contributed by atoms with van der Waals surface area (Å²) in [5.41, 5.74) is -1.77. The molecule has 76 valence electrons. The highest BCUT2D eigenvalue weighted by Gasteiger charge is 2.52. The standard InChI is InChI=1S/C12H22O/c1-10-6-5-8-11(2)7-3-4-9-12(10,11)13/h10,13H,3-9H2,1-2H3/t10-,11-,12-/m0/s1/i2D3. The fourth-order valence-corrected chi connectivity index (χ4v) is 3.29. The minimum atomic E-state index is -2.02. The number of fused-ring (bicyclic) bond motifs is 1. The SMILES string of the molecule is [2H]C([2H])([2H])[C@@]12CCCC[C@]1(O)[C@@H](C)CCC2. The van der Waals surface area contributed by atoms with E-state index in [-0.39, 0.29) is 5.92 Å². The van der Waals surface area contributed by atoms with E-state index in [4.69, 9.17) is 4.11 Å². The van der Waals surface area contributed by atoms with Crippen molar-refractivity contribution in [1.29, 1.82) is 0 Å². The molecule has 0 spiro atoms. The normalized spacial score (nSPS) is 55.8. The highest BCUT2D eigenvalue weighted by molar-refractivity contribution is 5.04. The van der Waals surface area contributed by atoms with Crippen LogP contribution in [0.25, 0.3) is 0 Å². The minimum absolute atomic E-state index is 0.127. The fraction of sp³-hybridized carbons (Fsp3) is 1.00. The Labute approximate surface area is 85.8 Å². The highest BCUT2D eigenvalue weighted by Crippen LogP contribution is 2.55. The van der Waals surface area contributed by atoms with Crippen LogP contribution in [0.3, 0.4) is 0 Å². The van der Waals surface area contributed by atoms with Crippen molar-refractivity contribution in [2.24, 2.45) is 11.3 Å². The smallest absolute Gasteiger partial charge is 0.0726 e. The summed E-state index contributed by atoms with van der Waals surface area (Å²) in [5.74, 6) is 0.127. The summed E-state index contributed by atoms with van der Waals surface area (Å²) in [6.45, 7) is 0.00181. The first-order chi connectivity index (χ1) is 7.33. The van der Waals surface area contributed by atoms with Gasteiger partial charge in [-0.25, -0.2) is 0 Å². The van der Waals surface area contributed by atoms with Crippen LogP contribution >= 0.6 is 0 Å². The van der Waals surface area contributed by atoms with Gasteiger partial charge in [0.15, 0.2) is 0 Å². The maximum absolute atomic E-state index is 10.9. The third-order valence-corrected chi connectivity index (χ3v) is 4.30. The van der Waals surface area contributed by atoms with E-state index in [1.165, 1.54) is 0 Å². The van der Waals surface area contributed by atoms with Gasteiger partial charge in [-0.15, -0.1) is 0 Å². The molecular formula is C12H22O. The first kappa shape index (κ1) is 6.44. The van der Waals surface area contributed by atoms with E-state index < -0.39 is 17.9 Å². The van der Waals surface area contributed by atoms with Crippen LogP contribution in [-0.4, -0.2) is 10.7 Å². The molecule has 13 heavy (non-hydrogen) atoms. The third-order valence-electron chi connectivity index (χ3n) is 4.30. The second-order valence-electron chi connectivity index (χ2n) is 5.01. The van der Waals surface area contributed by atoms with Gasteiger partial charge >= 0.3 is 0 Å². The molecule has 0 aromatic heterocycles. The molecule has 1 nitrogen and oxygen atoms in total. The Kier molecular flexibility index (Phi) is 1.48. The highest BCUT2D eigenvalue weighted by atomic mass is 16.3. The van der Waals surface area contributed by atoms with Crippen molar-refractivity contribution in [3.8, 4) is 0 Å². The Hall–Kier alpha value is -0.0400. The second-order valence-corrected chi connectivity index (χ2v) is 5.01. The largest absolute Gasteiger partial charge is 0.389 e.